The van der Waals surface area contributed by atoms with Gasteiger partial charge in [-0.3, -0.25) is 5.32 Å². The Morgan fingerprint density at radius 2 is 1.72 bits per heavy atom. The van der Waals surface area contributed by atoms with Crippen LogP contribution in [0.25, 0.3) is 0 Å². The second-order valence-corrected chi connectivity index (χ2v) is 10.7. The summed E-state index contributed by atoms with van der Waals surface area (Å²) in [5.74, 6) is 0. The van der Waals surface area contributed by atoms with E-state index < -0.39 is 16.1 Å². The molecule has 32 heavy (non-hydrogen) atoms. The van der Waals surface area contributed by atoms with Gasteiger partial charge in [-0.2, -0.15) is 4.31 Å². The van der Waals surface area contributed by atoms with Gasteiger partial charge < -0.3 is 10.2 Å². The summed E-state index contributed by atoms with van der Waals surface area (Å²) in [6.07, 6.45) is 1.58. The largest absolute Gasteiger partial charge is 0.369 e. The quantitative estimate of drug-likeness (QED) is 0.521. The van der Waals surface area contributed by atoms with Crippen molar-refractivity contribution in [2.24, 2.45) is 0 Å². The van der Waals surface area contributed by atoms with E-state index in [0.29, 0.717) is 47.0 Å². The molecule has 3 aromatic rings. The van der Waals surface area contributed by atoms with Gasteiger partial charge in [-0.25, -0.2) is 18.2 Å². The van der Waals surface area contributed by atoms with Gasteiger partial charge in [0.15, 0.2) is 5.13 Å². The number of anilines is 3. The standard InChI is InChI=1S/C20H19Cl2N5O3S2/c21-14-10-15(22)12-17(11-14)26-5-7-27(8-6-26)32(29,30)18-3-1-2-16(13-18)24-19(28)25-20-23-4-9-31-20/h1-4,9-13H,5-8H2,(H2,23,24,25,28). The van der Waals surface area contributed by atoms with E-state index in [1.165, 1.54) is 27.8 Å². The predicted octanol–water partition coefficient (Wildman–Crippen LogP) is 4.60. The average molecular weight is 512 g/mol. The maximum Gasteiger partial charge on any atom is 0.325 e. The Labute approximate surface area is 199 Å². The Hall–Kier alpha value is -2.37. The number of aromatic nitrogens is 1. The number of thiazole rings is 1. The molecule has 0 atom stereocenters. The summed E-state index contributed by atoms with van der Waals surface area (Å²) < 4.78 is 27.8. The molecule has 2 amide bonds. The fourth-order valence-electron chi connectivity index (χ4n) is 3.34. The van der Waals surface area contributed by atoms with Crippen molar-refractivity contribution in [3.8, 4) is 0 Å². The fraction of sp³-hybridized carbons (Fsp3) is 0.200. The highest BCUT2D eigenvalue weighted by atomic mass is 35.5. The van der Waals surface area contributed by atoms with Crippen molar-refractivity contribution in [3.05, 3.63) is 64.1 Å². The van der Waals surface area contributed by atoms with Crippen molar-refractivity contribution in [1.82, 2.24) is 9.29 Å². The number of rotatable bonds is 5. The van der Waals surface area contributed by atoms with E-state index in [2.05, 4.69) is 15.6 Å². The van der Waals surface area contributed by atoms with Gasteiger partial charge in [0.2, 0.25) is 10.0 Å². The monoisotopic (exact) mass is 511 g/mol. The first-order valence-electron chi connectivity index (χ1n) is 9.60. The molecule has 0 bridgehead atoms. The highest BCUT2D eigenvalue weighted by molar-refractivity contribution is 7.89. The van der Waals surface area contributed by atoms with E-state index in [0.717, 1.165) is 5.69 Å². The Bertz CT molecular complexity index is 1190. The Balaban J connectivity index is 1.42. The molecular weight excluding hydrogens is 493 g/mol. The summed E-state index contributed by atoms with van der Waals surface area (Å²) in [4.78, 5) is 18.3. The highest BCUT2D eigenvalue weighted by Gasteiger charge is 2.29. The Kier molecular flexibility index (Phi) is 6.87. The lowest BCUT2D eigenvalue weighted by molar-refractivity contribution is 0.262. The molecule has 0 aliphatic carbocycles. The third kappa shape index (κ3) is 5.33. The van der Waals surface area contributed by atoms with E-state index >= 15 is 0 Å². The van der Waals surface area contributed by atoms with Crippen LogP contribution in [0, 0.1) is 0 Å². The van der Waals surface area contributed by atoms with Crippen LogP contribution >= 0.6 is 34.5 Å². The van der Waals surface area contributed by atoms with E-state index in [4.69, 9.17) is 23.2 Å². The van der Waals surface area contributed by atoms with Crippen LogP contribution < -0.4 is 15.5 Å². The van der Waals surface area contributed by atoms with E-state index in [9.17, 15) is 13.2 Å². The van der Waals surface area contributed by atoms with Crippen LogP contribution in [-0.2, 0) is 10.0 Å². The molecule has 1 aromatic heterocycles. The van der Waals surface area contributed by atoms with Crippen LogP contribution in [0.2, 0.25) is 10.0 Å². The number of hydrogen-bond donors (Lipinski definition) is 2. The van der Waals surface area contributed by atoms with Crippen molar-refractivity contribution < 1.29 is 13.2 Å². The zero-order valence-corrected chi connectivity index (χ0v) is 19.8. The van der Waals surface area contributed by atoms with Gasteiger partial charge in [-0.15, -0.1) is 11.3 Å². The molecule has 1 aliphatic heterocycles. The molecular formula is C20H19Cl2N5O3S2. The SMILES string of the molecule is O=C(Nc1cccc(S(=O)(=O)N2CCN(c3cc(Cl)cc(Cl)c3)CC2)c1)Nc1nccs1. The fourth-order valence-corrected chi connectivity index (χ4v) is 5.84. The van der Waals surface area contributed by atoms with Crippen molar-refractivity contribution in [2.45, 2.75) is 4.90 Å². The van der Waals surface area contributed by atoms with Gasteiger partial charge in [0.05, 0.1) is 4.90 Å². The van der Waals surface area contributed by atoms with Crippen molar-refractivity contribution >= 4 is 67.1 Å². The lowest BCUT2D eigenvalue weighted by Crippen LogP contribution is -2.48. The number of carbonyl (C=O) groups excluding carboxylic acids is 1. The van der Waals surface area contributed by atoms with E-state index in [-0.39, 0.29) is 4.90 Å². The molecule has 0 spiro atoms. The highest BCUT2D eigenvalue weighted by Crippen LogP contribution is 2.28. The number of halogens is 2. The molecule has 0 unspecified atom stereocenters. The first-order valence-corrected chi connectivity index (χ1v) is 12.7. The van der Waals surface area contributed by atoms with Crippen LogP contribution in [-0.4, -0.2) is 49.9 Å². The molecule has 2 heterocycles. The summed E-state index contributed by atoms with van der Waals surface area (Å²) in [7, 11) is -3.72. The minimum absolute atomic E-state index is 0.115. The Morgan fingerprint density at radius 3 is 2.38 bits per heavy atom. The minimum atomic E-state index is -3.72. The second-order valence-electron chi connectivity index (χ2n) is 6.96. The van der Waals surface area contributed by atoms with Crippen LogP contribution in [0.5, 0.6) is 0 Å². The number of hydrogen-bond acceptors (Lipinski definition) is 6. The molecule has 0 radical (unpaired) electrons. The number of sulfonamides is 1. The number of piperazine rings is 1. The summed E-state index contributed by atoms with van der Waals surface area (Å²) in [6, 6.07) is 11.0. The van der Waals surface area contributed by atoms with Crippen LogP contribution in [0.4, 0.5) is 21.3 Å². The number of carbonyl (C=O) groups is 1. The molecule has 2 aromatic carbocycles. The molecule has 4 rings (SSSR count). The number of benzene rings is 2. The number of nitrogens with one attached hydrogen (secondary N) is 2. The van der Waals surface area contributed by atoms with Crippen LogP contribution in [0.1, 0.15) is 0 Å². The normalized spacial score (nSPS) is 14.9. The van der Waals surface area contributed by atoms with Crippen molar-refractivity contribution in [2.75, 3.05) is 41.7 Å². The molecule has 8 nitrogen and oxygen atoms in total. The molecule has 1 saturated heterocycles. The van der Waals surface area contributed by atoms with Crippen molar-refractivity contribution in [3.63, 3.8) is 0 Å². The predicted molar refractivity (Wildman–Crippen MR) is 129 cm³/mol. The summed E-state index contributed by atoms with van der Waals surface area (Å²) >= 11 is 13.5. The first-order chi connectivity index (χ1) is 15.3. The van der Waals surface area contributed by atoms with Crippen LogP contribution in [0.3, 0.4) is 0 Å². The smallest absolute Gasteiger partial charge is 0.325 e. The number of amides is 2. The molecule has 0 saturated carbocycles. The molecule has 168 valence electrons. The summed E-state index contributed by atoms with van der Waals surface area (Å²) in [5, 5.41) is 8.48. The molecule has 1 fully saturated rings. The summed E-state index contributed by atoms with van der Waals surface area (Å²) in [6.45, 7) is 1.64. The summed E-state index contributed by atoms with van der Waals surface area (Å²) in [5.41, 5.74) is 1.23. The topological polar surface area (TPSA) is 94.6 Å². The van der Waals surface area contributed by atoms with E-state index in [1.54, 1.807) is 29.8 Å². The van der Waals surface area contributed by atoms with Gasteiger partial charge >= 0.3 is 6.03 Å². The first kappa shape index (κ1) is 22.8. The molecule has 1 aliphatic rings. The van der Waals surface area contributed by atoms with E-state index in [1.807, 2.05) is 17.0 Å². The second kappa shape index (κ2) is 9.63. The van der Waals surface area contributed by atoms with Gasteiger partial charge in [-0.05, 0) is 36.4 Å². The lowest BCUT2D eigenvalue weighted by atomic mass is 10.2. The zero-order valence-electron chi connectivity index (χ0n) is 16.7. The lowest BCUT2D eigenvalue weighted by Gasteiger charge is -2.35. The van der Waals surface area contributed by atoms with Crippen LogP contribution in [0.15, 0.2) is 58.9 Å². The maximum absolute atomic E-state index is 13.2. The average Bonchev–Trinajstić information content (AvgIpc) is 3.26. The maximum atomic E-state index is 13.2. The van der Waals surface area contributed by atoms with Gasteiger partial charge in [-0.1, -0.05) is 29.3 Å². The number of urea groups is 1. The zero-order chi connectivity index (χ0) is 22.7. The van der Waals surface area contributed by atoms with Gasteiger partial charge in [0.1, 0.15) is 0 Å². The minimum Gasteiger partial charge on any atom is -0.369 e. The Morgan fingerprint density at radius 1 is 1.00 bits per heavy atom. The third-order valence-electron chi connectivity index (χ3n) is 4.83. The van der Waals surface area contributed by atoms with Gasteiger partial charge in [0.25, 0.3) is 0 Å². The third-order valence-corrected chi connectivity index (χ3v) is 7.85. The van der Waals surface area contributed by atoms with Crippen molar-refractivity contribution in [1.29, 1.82) is 0 Å². The molecule has 12 heteroatoms. The van der Waals surface area contributed by atoms with Gasteiger partial charge in [0, 0.05) is 59.2 Å². The molecule has 2 N–H and O–H groups in total. The number of nitrogens with zero attached hydrogens (tertiary/aromatic N) is 3.